The van der Waals surface area contributed by atoms with E-state index >= 15 is 0 Å². The maximum atomic E-state index is 8.36. The van der Waals surface area contributed by atoms with E-state index in [1.165, 1.54) is 0 Å². The smallest absolute Gasteiger partial charge is 0.291 e. The Hall–Kier alpha value is -1.57. The summed E-state index contributed by atoms with van der Waals surface area (Å²) in [6, 6.07) is 5.47. The molecule has 0 unspecified atom stereocenters. The lowest BCUT2D eigenvalue weighted by Crippen LogP contribution is -1.84. The SMILES string of the molecule is Cl/C(=C/n1ccnc1)c1ccc(Cl)cc1Br.O=[N+]([O-])O. The van der Waals surface area contributed by atoms with Crippen molar-refractivity contribution in [2.75, 3.05) is 0 Å². The van der Waals surface area contributed by atoms with Crippen molar-refractivity contribution in [2.24, 2.45) is 0 Å². The van der Waals surface area contributed by atoms with Crippen molar-refractivity contribution in [2.45, 2.75) is 0 Å². The molecule has 1 N–H and O–H groups in total. The molecule has 20 heavy (non-hydrogen) atoms. The van der Waals surface area contributed by atoms with Crippen LogP contribution in [0, 0.1) is 10.1 Å². The van der Waals surface area contributed by atoms with Gasteiger partial charge in [-0.2, -0.15) is 0 Å². The zero-order valence-electron chi connectivity index (χ0n) is 9.78. The molecular weight excluding hydrogens is 373 g/mol. The van der Waals surface area contributed by atoms with Gasteiger partial charge in [0.2, 0.25) is 0 Å². The summed E-state index contributed by atoms with van der Waals surface area (Å²) >= 11 is 15.5. The van der Waals surface area contributed by atoms with Gasteiger partial charge in [-0.3, -0.25) is 0 Å². The van der Waals surface area contributed by atoms with Crippen molar-refractivity contribution < 1.29 is 10.3 Å². The molecule has 0 bridgehead atoms. The van der Waals surface area contributed by atoms with Crippen molar-refractivity contribution in [1.29, 1.82) is 0 Å². The van der Waals surface area contributed by atoms with E-state index in [4.69, 9.17) is 38.5 Å². The highest BCUT2D eigenvalue weighted by Gasteiger charge is 2.04. The van der Waals surface area contributed by atoms with Crippen LogP contribution in [0.4, 0.5) is 0 Å². The van der Waals surface area contributed by atoms with Crippen LogP contribution in [-0.4, -0.2) is 19.8 Å². The highest BCUT2D eigenvalue weighted by Crippen LogP contribution is 2.30. The molecule has 0 radical (unpaired) electrons. The molecule has 9 heteroatoms. The van der Waals surface area contributed by atoms with Crippen molar-refractivity contribution in [3.8, 4) is 0 Å². The highest BCUT2D eigenvalue weighted by atomic mass is 79.9. The molecule has 0 spiro atoms. The fraction of sp³-hybridized carbons (Fsp3) is 0. The lowest BCUT2D eigenvalue weighted by molar-refractivity contribution is -0.742. The van der Waals surface area contributed by atoms with Crippen LogP contribution >= 0.6 is 39.1 Å². The molecule has 0 fully saturated rings. The molecule has 1 aromatic heterocycles. The van der Waals surface area contributed by atoms with Gasteiger partial charge in [-0.15, -0.1) is 10.1 Å². The Balaban J connectivity index is 0.000000444. The summed E-state index contributed by atoms with van der Waals surface area (Å²) in [5.41, 5.74) is 0.889. The quantitative estimate of drug-likeness (QED) is 0.626. The number of hydrogen-bond acceptors (Lipinski definition) is 3. The van der Waals surface area contributed by atoms with Crippen LogP contribution in [0.2, 0.25) is 5.02 Å². The topological polar surface area (TPSA) is 81.2 Å². The second kappa shape index (κ2) is 7.88. The van der Waals surface area contributed by atoms with Crippen LogP contribution < -0.4 is 0 Å². The monoisotopic (exact) mass is 379 g/mol. The van der Waals surface area contributed by atoms with Crippen molar-refractivity contribution in [1.82, 2.24) is 9.55 Å². The highest BCUT2D eigenvalue weighted by molar-refractivity contribution is 9.10. The Kier molecular flexibility index (Phi) is 6.50. The number of benzene rings is 1. The van der Waals surface area contributed by atoms with E-state index in [1.807, 2.05) is 12.3 Å². The van der Waals surface area contributed by atoms with Gasteiger partial charge in [0.05, 0.1) is 11.4 Å². The maximum Gasteiger partial charge on any atom is 0.291 e. The minimum atomic E-state index is -1.50. The molecule has 0 aliphatic carbocycles. The fourth-order valence-electron chi connectivity index (χ4n) is 1.23. The zero-order chi connectivity index (χ0) is 15.1. The summed E-state index contributed by atoms with van der Waals surface area (Å²) in [5, 5.41) is 14.9. The van der Waals surface area contributed by atoms with Crippen molar-refractivity contribution in [3.63, 3.8) is 0 Å². The van der Waals surface area contributed by atoms with E-state index in [2.05, 4.69) is 20.9 Å². The van der Waals surface area contributed by atoms with E-state index < -0.39 is 5.09 Å². The van der Waals surface area contributed by atoms with Gasteiger partial charge in [0.15, 0.2) is 0 Å². The normalized spacial score (nSPS) is 10.7. The van der Waals surface area contributed by atoms with Crippen molar-refractivity contribution in [3.05, 3.63) is 62.1 Å². The Morgan fingerprint density at radius 1 is 1.55 bits per heavy atom. The first-order valence-corrected chi connectivity index (χ1v) is 6.58. The number of rotatable bonds is 2. The zero-order valence-corrected chi connectivity index (χ0v) is 12.9. The predicted molar refractivity (Wildman–Crippen MR) is 80.2 cm³/mol. The molecule has 0 aliphatic heterocycles. The molecule has 6 nitrogen and oxygen atoms in total. The van der Waals surface area contributed by atoms with E-state index in [-0.39, 0.29) is 0 Å². The number of halogens is 3. The molecule has 1 heterocycles. The van der Waals surface area contributed by atoms with Gasteiger partial charge in [-0.05, 0) is 12.1 Å². The van der Waals surface area contributed by atoms with E-state index in [9.17, 15) is 0 Å². The fourth-order valence-corrected chi connectivity index (χ4v) is 2.52. The van der Waals surface area contributed by atoms with Gasteiger partial charge >= 0.3 is 0 Å². The second-order valence-corrected chi connectivity index (χ2v) is 5.05. The standard InChI is InChI=1S/C11H7BrCl2N2.HNO3/c12-10-5-8(13)1-2-9(10)11(14)6-16-4-3-15-7-16;2-1(3)4/h1-7H;(H,2,3,4)/b11-6+;. The third-order valence-corrected chi connectivity index (χ3v) is 3.17. The number of hydrogen-bond donors (Lipinski definition) is 1. The third kappa shape index (κ3) is 5.60. The lowest BCUT2D eigenvalue weighted by Gasteiger charge is -2.03. The van der Waals surface area contributed by atoms with Gasteiger partial charge < -0.3 is 9.77 Å². The summed E-state index contributed by atoms with van der Waals surface area (Å²) in [7, 11) is 0. The van der Waals surface area contributed by atoms with E-state index in [0.29, 0.717) is 10.1 Å². The summed E-state index contributed by atoms with van der Waals surface area (Å²) < 4.78 is 2.64. The number of imidazole rings is 1. The third-order valence-electron chi connectivity index (χ3n) is 1.98. The molecule has 106 valence electrons. The average Bonchev–Trinajstić information content (AvgIpc) is 2.80. The molecular formula is C11H8BrCl2N3O3. The molecule has 2 aromatic rings. The van der Waals surface area contributed by atoms with Gasteiger partial charge in [0.1, 0.15) is 0 Å². The van der Waals surface area contributed by atoms with Crippen LogP contribution in [0.15, 0.2) is 41.4 Å². The first kappa shape index (κ1) is 16.5. The molecule has 0 saturated heterocycles. The van der Waals surface area contributed by atoms with Crippen molar-refractivity contribution >= 4 is 50.4 Å². The minimum absolute atomic E-state index is 0.613. The Morgan fingerprint density at radius 3 is 2.70 bits per heavy atom. The molecule has 0 atom stereocenters. The summed E-state index contributed by atoms with van der Waals surface area (Å²) in [6.45, 7) is 0. The molecule has 0 amide bonds. The van der Waals surface area contributed by atoms with Gasteiger partial charge in [-0.25, -0.2) is 4.98 Å². The number of nitrogens with zero attached hydrogens (tertiary/aromatic N) is 3. The van der Waals surface area contributed by atoms with Gasteiger partial charge in [0, 0.05) is 33.7 Å². The largest absolute Gasteiger partial charge is 0.328 e. The molecule has 1 aromatic carbocycles. The van der Waals surface area contributed by atoms with Crippen LogP contribution in [0.3, 0.4) is 0 Å². The summed E-state index contributed by atoms with van der Waals surface area (Å²) in [6.07, 6.45) is 6.96. The Bertz CT molecular complexity index is 613. The first-order valence-electron chi connectivity index (χ1n) is 5.03. The molecule has 2 rings (SSSR count). The first-order chi connectivity index (χ1) is 9.40. The molecule has 0 aliphatic rings. The van der Waals surface area contributed by atoms with Crippen LogP contribution in [0.5, 0.6) is 0 Å². The average molecular weight is 381 g/mol. The summed E-state index contributed by atoms with van der Waals surface area (Å²) in [4.78, 5) is 12.3. The van der Waals surface area contributed by atoms with Gasteiger partial charge in [-0.1, -0.05) is 45.2 Å². The molecule has 0 saturated carbocycles. The van der Waals surface area contributed by atoms with E-state index in [1.54, 1.807) is 35.4 Å². The maximum absolute atomic E-state index is 8.36. The predicted octanol–water partition coefficient (Wildman–Crippen LogP) is 4.15. The van der Waals surface area contributed by atoms with Crippen LogP contribution in [0.25, 0.3) is 11.2 Å². The minimum Gasteiger partial charge on any atom is -0.328 e. The lowest BCUT2D eigenvalue weighted by atomic mass is 10.2. The Morgan fingerprint density at radius 2 is 2.20 bits per heavy atom. The van der Waals surface area contributed by atoms with Crippen LogP contribution in [0.1, 0.15) is 5.56 Å². The Labute approximate surface area is 132 Å². The number of aromatic nitrogens is 2. The second-order valence-electron chi connectivity index (χ2n) is 3.35. The summed E-state index contributed by atoms with van der Waals surface area (Å²) in [5.74, 6) is 0. The van der Waals surface area contributed by atoms with Gasteiger partial charge in [0.25, 0.3) is 5.09 Å². The van der Waals surface area contributed by atoms with E-state index in [0.717, 1.165) is 10.0 Å². The van der Waals surface area contributed by atoms with Crippen LogP contribution in [-0.2, 0) is 0 Å².